The van der Waals surface area contributed by atoms with E-state index in [1.165, 1.54) is 17.1 Å². The van der Waals surface area contributed by atoms with Gasteiger partial charge in [-0.3, -0.25) is 28.9 Å². The quantitative estimate of drug-likeness (QED) is 0.0171. The van der Waals surface area contributed by atoms with Crippen molar-refractivity contribution >= 4 is 63.8 Å². The number of allylic oxidation sites excluding steroid dienone is 2. The molecule has 1 aliphatic carbocycles. The predicted molar refractivity (Wildman–Crippen MR) is 276 cm³/mol. The second-order valence-electron chi connectivity index (χ2n) is 16.9. The number of methoxy groups -OCH3 is 1. The number of aliphatic carboxylic acids is 1. The highest BCUT2D eigenvalue weighted by atomic mass is 31.0. The van der Waals surface area contributed by atoms with Crippen LogP contribution in [-0.2, 0) is 44.9 Å². The molecule has 2 unspecified atom stereocenters. The van der Waals surface area contributed by atoms with Crippen LogP contribution in [-0.4, -0.2) is 147 Å². The first kappa shape index (κ1) is 64.9. The number of ether oxygens (including phenoxy) is 1. The lowest BCUT2D eigenvalue weighted by Crippen LogP contribution is -2.56. The number of phenolic OH excluding ortho intramolecular Hbond substituents is 1. The highest BCUT2D eigenvalue weighted by Crippen LogP contribution is 2.41. The van der Waals surface area contributed by atoms with Crippen LogP contribution in [0.5, 0.6) is 5.75 Å². The van der Waals surface area contributed by atoms with E-state index < -0.39 is 17.0 Å². The van der Waals surface area contributed by atoms with E-state index in [9.17, 15) is 42.7 Å². The molecule has 71 heavy (non-hydrogen) atoms. The number of hydrogen-bond donors (Lipinski definition) is 7. The normalized spacial score (nSPS) is 14.2. The Kier molecular flexibility index (Phi) is 32.9. The molecular formula is C50H77F2N8O10P. The summed E-state index contributed by atoms with van der Waals surface area (Å²) in [6.07, 6.45) is 15.0. The molecule has 0 spiro atoms. The SMILES string of the molecule is C=O.CC(CCCCN(C)C)NC(=O)C1(C(=O)NCCCCCN(C)CCN2C(=O)C=CC2=O)CCC1.CN/C(N)=C(C)/C=C/c1ccccc1O.COCc1ccc(NC=O)cc1.O=C(O)C(F)(F)P. The van der Waals surface area contributed by atoms with Crippen molar-refractivity contribution in [3.05, 3.63) is 89.3 Å². The second-order valence-corrected chi connectivity index (χ2v) is 17.7. The summed E-state index contributed by atoms with van der Waals surface area (Å²) in [5.74, 6) is -1.97. The van der Waals surface area contributed by atoms with Crippen molar-refractivity contribution in [2.75, 3.05) is 73.3 Å². The summed E-state index contributed by atoms with van der Waals surface area (Å²) in [5.41, 5.74) is 4.71. The number of halogens is 2. The smallest absolute Gasteiger partial charge is 0.378 e. The van der Waals surface area contributed by atoms with Gasteiger partial charge in [-0.1, -0.05) is 61.7 Å². The van der Waals surface area contributed by atoms with Crippen LogP contribution < -0.4 is 27.0 Å². The molecule has 2 aromatic carbocycles. The number of carbonyl (C=O) groups excluding carboxylic acids is 6. The molecule has 0 bridgehead atoms. The first-order chi connectivity index (χ1) is 33.6. The largest absolute Gasteiger partial charge is 0.507 e. The Morgan fingerprint density at radius 1 is 0.958 bits per heavy atom. The maximum atomic E-state index is 12.9. The molecule has 0 aromatic heterocycles. The molecule has 1 fully saturated rings. The van der Waals surface area contributed by atoms with Crippen molar-refractivity contribution in [2.24, 2.45) is 11.1 Å². The zero-order chi connectivity index (χ0) is 54.0. The number of anilines is 1. The number of likely N-dealkylation sites (N-methyl/N-ethyl adjacent to an activating group) is 1. The van der Waals surface area contributed by atoms with Crippen LogP contribution in [0.2, 0.25) is 0 Å². The van der Waals surface area contributed by atoms with Crippen molar-refractivity contribution in [1.29, 1.82) is 0 Å². The lowest BCUT2D eigenvalue weighted by Gasteiger charge is -2.39. The Hall–Kier alpha value is -6.08. The molecule has 1 heterocycles. The number of imide groups is 1. The molecule has 2 aromatic rings. The molecule has 1 saturated carbocycles. The van der Waals surface area contributed by atoms with E-state index in [1.807, 2.05) is 76.2 Å². The molecular weight excluding hydrogens is 942 g/mol. The molecule has 5 amide bonds. The van der Waals surface area contributed by atoms with Crippen LogP contribution in [0.25, 0.3) is 6.08 Å². The van der Waals surface area contributed by atoms with Crippen molar-refractivity contribution < 1.29 is 57.3 Å². The van der Waals surface area contributed by atoms with Crippen LogP contribution in [0.1, 0.15) is 82.8 Å². The molecule has 2 aliphatic rings. The number of phenols is 1. The fourth-order valence-electron chi connectivity index (χ4n) is 6.55. The number of unbranched alkanes of at least 4 members (excludes halogenated alkanes) is 3. The van der Waals surface area contributed by atoms with E-state index in [0.29, 0.717) is 51.3 Å². The van der Waals surface area contributed by atoms with Crippen LogP contribution >= 0.6 is 9.24 Å². The number of hydrogen-bond acceptors (Lipinski definition) is 13. The standard InChI is InChI=1S/C26H45N5O4.C12H16N2O.C9H11NO2.C2H3F2O2P.CH2O/c1-21(11-6-9-17-29(2)3)28-25(35)26(14-10-15-26)24(34)27-16-7-5-8-18-30(4)19-20-31-22(32)12-13-23(31)33;1-9(12(13)14-2)7-8-10-5-3-4-6-11(10)15;1-12-6-8-2-4-9(5-3-8)10-7-11;3-2(4,7)1(5)6;1-2/h12-13,21H,5-11,14-20H2,1-4H3,(H,27,34)(H,28,35);3-8,14-15H,13H2,1-2H3;2-5,7H,6H2,1H3,(H,10,11);7H2,(H,5,6);1H2/b;8-7+,12-9+;;;. The number of nitrogens with one attached hydrogen (secondary N) is 4. The Balaban J connectivity index is 0.00000111. The maximum Gasteiger partial charge on any atom is 0.378 e. The molecule has 4 rings (SSSR count). The molecule has 0 saturated heterocycles. The minimum atomic E-state index is -3.67. The van der Waals surface area contributed by atoms with Crippen molar-refractivity contribution in [3.8, 4) is 5.75 Å². The summed E-state index contributed by atoms with van der Waals surface area (Å²) in [4.78, 5) is 81.8. The van der Waals surface area contributed by atoms with E-state index in [2.05, 4.69) is 45.2 Å². The van der Waals surface area contributed by atoms with Gasteiger partial charge in [0.2, 0.25) is 18.2 Å². The number of carboxylic acids is 1. The van der Waals surface area contributed by atoms with Crippen molar-refractivity contribution in [3.63, 3.8) is 0 Å². The monoisotopic (exact) mass is 1020 g/mol. The minimum absolute atomic E-state index is 0.0740. The number of para-hydroxylation sites is 1. The van der Waals surface area contributed by atoms with Crippen molar-refractivity contribution in [2.45, 2.75) is 89.9 Å². The van der Waals surface area contributed by atoms with Gasteiger partial charge in [0.05, 0.1) is 12.4 Å². The summed E-state index contributed by atoms with van der Waals surface area (Å²) in [7, 11) is 10.4. The highest BCUT2D eigenvalue weighted by molar-refractivity contribution is 7.20. The highest BCUT2D eigenvalue weighted by Gasteiger charge is 2.50. The zero-order valence-electron chi connectivity index (χ0n) is 42.3. The van der Waals surface area contributed by atoms with Crippen LogP contribution in [0.4, 0.5) is 14.5 Å². The minimum Gasteiger partial charge on any atom is -0.507 e. The summed E-state index contributed by atoms with van der Waals surface area (Å²) < 4.78 is 27.4. The number of aromatic hydroxyl groups is 1. The predicted octanol–water partition coefficient (Wildman–Crippen LogP) is 5.11. The summed E-state index contributed by atoms with van der Waals surface area (Å²) in [5, 5.41) is 28.5. The molecule has 0 radical (unpaired) electrons. The first-order valence-electron chi connectivity index (χ1n) is 23.1. The molecule has 8 N–H and O–H groups in total. The van der Waals surface area contributed by atoms with Gasteiger partial charge in [-0.15, -0.1) is 0 Å². The number of benzene rings is 2. The van der Waals surface area contributed by atoms with E-state index in [1.54, 1.807) is 26.3 Å². The fraction of sp³-hybridized carbons (Fsp3) is 0.500. The Labute approximate surface area is 420 Å². The number of rotatable bonds is 25. The van der Waals surface area contributed by atoms with Crippen LogP contribution in [0, 0.1) is 5.41 Å². The third kappa shape index (κ3) is 26.6. The van der Waals surface area contributed by atoms with Crippen LogP contribution in [0.3, 0.4) is 0 Å². The van der Waals surface area contributed by atoms with E-state index in [4.69, 9.17) is 20.4 Å². The lowest BCUT2D eigenvalue weighted by atomic mass is 9.67. The molecule has 18 nitrogen and oxygen atoms in total. The maximum absolute atomic E-state index is 12.9. The lowest BCUT2D eigenvalue weighted by molar-refractivity contribution is -0.153. The van der Waals surface area contributed by atoms with Gasteiger partial charge in [0, 0.05) is 63.2 Å². The van der Waals surface area contributed by atoms with Crippen molar-refractivity contribution in [1.82, 2.24) is 30.7 Å². The average molecular weight is 1020 g/mol. The summed E-state index contributed by atoms with van der Waals surface area (Å²) in [6, 6.07) is 14.7. The topological polar surface area (TPSA) is 253 Å². The molecule has 2 atom stereocenters. The molecule has 1 aliphatic heterocycles. The molecule has 21 heteroatoms. The van der Waals surface area contributed by atoms with E-state index in [0.717, 1.165) is 89.7 Å². The Morgan fingerprint density at radius 3 is 2.06 bits per heavy atom. The van der Waals surface area contributed by atoms with Gasteiger partial charge in [-0.25, -0.2) is 4.79 Å². The van der Waals surface area contributed by atoms with Gasteiger partial charge < -0.3 is 56.5 Å². The summed E-state index contributed by atoms with van der Waals surface area (Å²) >= 11 is 0. The van der Waals surface area contributed by atoms with Gasteiger partial charge in [0.25, 0.3) is 11.8 Å². The molecule has 396 valence electrons. The van der Waals surface area contributed by atoms with Gasteiger partial charge >= 0.3 is 11.6 Å². The fourth-order valence-corrected chi connectivity index (χ4v) is 6.55. The third-order valence-electron chi connectivity index (χ3n) is 11.0. The van der Waals surface area contributed by atoms with E-state index in [-0.39, 0.29) is 35.4 Å². The number of carboxylic acid groups (broad SMARTS) is 1. The van der Waals surface area contributed by atoms with Gasteiger partial charge in [-0.2, -0.15) is 8.78 Å². The first-order valence-corrected chi connectivity index (χ1v) is 23.7. The number of nitrogens with zero attached hydrogens (tertiary/aromatic N) is 3. The second kappa shape index (κ2) is 35.9. The number of carbonyl (C=O) groups is 7. The van der Waals surface area contributed by atoms with Gasteiger partial charge in [0.15, 0.2) is 0 Å². The van der Waals surface area contributed by atoms with E-state index >= 15 is 0 Å². The zero-order valence-corrected chi connectivity index (χ0v) is 43.5. The Bertz CT molecular complexity index is 2010. The van der Waals surface area contributed by atoms with Gasteiger partial charge in [-0.05, 0) is 125 Å². The Morgan fingerprint density at radius 2 is 1.55 bits per heavy atom. The third-order valence-corrected chi connectivity index (χ3v) is 11.2. The summed E-state index contributed by atoms with van der Waals surface area (Å²) in [6.45, 7) is 10.0. The average Bonchev–Trinajstić information content (AvgIpc) is 3.64. The van der Waals surface area contributed by atoms with Crippen LogP contribution in [0.15, 0.2) is 78.2 Å². The van der Waals surface area contributed by atoms with Gasteiger partial charge in [0.1, 0.15) is 18.0 Å². The number of amides is 5. The number of nitrogens with two attached hydrogens (primary N) is 1. The number of alkyl halides is 2.